The van der Waals surface area contributed by atoms with Gasteiger partial charge >= 0.3 is 0 Å². The Kier molecular flexibility index (Phi) is 4.86. The van der Waals surface area contributed by atoms with Crippen molar-refractivity contribution in [1.29, 1.82) is 0 Å². The summed E-state index contributed by atoms with van der Waals surface area (Å²) in [7, 11) is -3.17. The lowest BCUT2D eigenvalue weighted by molar-refractivity contribution is 0.602. The van der Waals surface area contributed by atoms with E-state index in [9.17, 15) is 8.42 Å². The molecule has 3 heterocycles. The Labute approximate surface area is 181 Å². The highest BCUT2D eigenvalue weighted by molar-refractivity contribution is 7.90. The lowest BCUT2D eigenvalue weighted by atomic mass is 10.0. The lowest BCUT2D eigenvalue weighted by Gasteiger charge is -2.37. The van der Waals surface area contributed by atoms with E-state index in [-0.39, 0.29) is 0 Å². The Morgan fingerprint density at radius 2 is 1.65 bits per heavy atom. The van der Waals surface area contributed by atoms with Crippen molar-refractivity contribution in [1.82, 2.24) is 15.2 Å². The predicted octanol–water partition coefficient (Wildman–Crippen LogP) is 3.36. The molecule has 158 valence electrons. The SMILES string of the molecule is CS(=O)(=O)c1ccc(N2CCN(c3ccnc4ccc(-c5cn[nH]c5)cc34)CC2)cc1. The molecule has 2 aromatic heterocycles. The summed E-state index contributed by atoms with van der Waals surface area (Å²) in [5.41, 5.74) is 5.37. The van der Waals surface area contributed by atoms with Gasteiger partial charge < -0.3 is 9.80 Å². The van der Waals surface area contributed by atoms with Gasteiger partial charge in [0.1, 0.15) is 0 Å². The van der Waals surface area contributed by atoms with Gasteiger partial charge in [-0.3, -0.25) is 10.1 Å². The zero-order valence-corrected chi connectivity index (χ0v) is 18.0. The van der Waals surface area contributed by atoms with Crippen LogP contribution in [-0.2, 0) is 9.84 Å². The first-order valence-corrected chi connectivity index (χ1v) is 12.1. The molecule has 0 atom stereocenters. The monoisotopic (exact) mass is 433 g/mol. The minimum absolute atomic E-state index is 0.353. The van der Waals surface area contributed by atoms with Crippen LogP contribution in [0.15, 0.2) is 72.0 Å². The molecule has 1 aliphatic rings. The highest BCUT2D eigenvalue weighted by Crippen LogP contribution is 2.31. The predicted molar refractivity (Wildman–Crippen MR) is 123 cm³/mol. The zero-order chi connectivity index (χ0) is 21.4. The van der Waals surface area contributed by atoms with E-state index in [1.165, 1.54) is 11.9 Å². The molecule has 0 spiro atoms. The summed E-state index contributed by atoms with van der Waals surface area (Å²) in [5.74, 6) is 0. The van der Waals surface area contributed by atoms with Crippen molar-refractivity contribution in [2.24, 2.45) is 0 Å². The van der Waals surface area contributed by atoms with Crippen molar-refractivity contribution >= 4 is 32.1 Å². The van der Waals surface area contributed by atoms with E-state index in [1.54, 1.807) is 12.1 Å². The van der Waals surface area contributed by atoms with Crippen LogP contribution in [-0.4, -0.2) is 56.0 Å². The Bertz CT molecular complexity index is 1310. The zero-order valence-electron chi connectivity index (χ0n) is 17.2. The van der Waals surface area contributed by atoms with E-state index in [2.05, 4.69) is 49.2 Å². The van der Waals surface area contributed by atoms with E-state index in [1.807, 2.05) is 30.7 Å². The number of anilines is 2. The molecule has 31 heavy (non-hydrogen) atoms. The number of nitrogens with one attached hydrogen (secondary N) is 1. The van der Waals surface area contributed by atoms with Gasteiger partial charge in [-0.05, 0) is 48.0 Å². The molecular weight excluding hydrogens is 410 g/mol. The second-order valence-electron chi connectivity index (χ2n) is 7.79. The van der Waals surface area contributed by atoms with Gasteiger partial charge in [-0.1, -0.05) is 6.07 Å². The normalized spacial score (nSPS) is 14.9. The smallest absolute Gasteiger partial charge is 0.175 e. The number of sulfone groups is 1. The maximum absolute atomic E-state index is 11.7. The Balaban J connectivity index is 1.37. The van der Waals surface area contributed by atoms with Crippen LogP contribution in [0.2, 0.25) is 0 Å². The van der Waals surface area contributed by atoms with Crippen molar-refractivity contribution in [3.05, 3.63) is 67.1 Å². The third-order valence-corrected chi connectivity index (χ3v) is 6.93. The summed E-state index contributed by atoms with van der Waals surface area (Å²) in [4.78, 5) is 9.58. The average Bonchev–Trinajstić information content (AvgIpc) is 3.33. The molecule has 4 aromatic rings. The second-order valence-corrected chi connectivity index (χ2v) is 9.80. The van der Waals surface area contributed by atoms with Gasteiger partial charge in [0.2, 0.25) is 0 Å². The number of hydrogen-bond acceptors (Lipinski definition) is 6. The maximum atomic E-state index is 11.7. The number of fused-ring (bicyclic) bond motifs is 1. The molecule has 5 rings (SSSR count). The number of piperazine rings is 1. The van der Waals surface area contributed by atoms with E-state index in [0.29, 0.717) is 4.90 Å². The van der Waals surface area contributed by atoms with Crippen LogP contribution >= 0.6 is 0 Å². The third kappa shape index (κ3) is 3.86. The Morgan fingerprint density at radius 1 is 0.903 bits per heavy atom. The molecule has 0 unspecified atom stereocenters. The summed E-state index contributed by atoms with van der Waals surface area (Å²) >= 11 is 0. The van der Waals surface area contributed by atoms with Crippen molar-refractivity contribution in [2.45, 2.75) is 4.90 Å². The van der Waals surface area contributed by atoms with Crippen molar-refractivity contribution < 1.29 is 8.42 Å². The molecule has 0 aliphatic carbocycles. The van der Waals surface area contributed by atoms with Crippen LogP contribution in [0, 0.1) is 0 Å². The highest BCUT2D eigenvalue weighted by atomic mass is 32.2. The Hall–Kier alpha value is -3.39. The van der Waals surface area contributed by atoms with Crippen LogP contribution in [0.3, 0.4) is 0 Å². The fraction of sp³-hybridized carbons (Fsp3) is 0.217. The minimum atomic E-state index is -3.17. The van der Waals surface area contributed by atoms with Crippen LogP contribution in [0.25, 0.3) is 22.0 Å². The lowest BCUT2D eigenvalue weighted by Crippen LogP contribution is -2.46. The molecule has 1 saturated heterocycles. The molecule has 7 nitrogen and oxygen atoms in total. The number of aromatic nitrogens is 3. The number of rotatable bonds is 4. The number of benzene rings is 2. The second kappa shape index (κ2) is 7.70. The first kappa shape index (κ1) is 19.6. The summed E-state index contributed by atoms with van der Waals surface area (Å²) < 4.78 is 23.4. The third-order valence-electron chi connectivity index (χ3n) is 5.80. The standard InChI is InChI=1S/C23H23N5O2S/c1-31(29,30)20-5-3-19(4-6-20)27-10-12-28(13-11-27)23-8-9-24-22-7-2-17(14-21(22)23)18-15-25-26-16-18/h2-9,14-16H,10-13H2,1H3,(H,25,26). The van der Waals surface area contributed by atoms with Crippen LogP contribution in [0.1, 0.15) is 0 Å². The van der Waals surface area contributed by atoms with Crippen molar-refractivity contribution in [3.63, 3.8) is 0 Å². The quantitative estimate of drug-likeness (QED) is 0.532. The van der Waals surface area contributed by atoms with E-state index >= 15 is 0 Å². The summed E-state index contributed by atoms with van der Waals surface area (Å²) in [5, 5.41) is 8.06. The highest BCUT2D eigenvalue weighted by Gasteiger charge is 2.20. The fourth-order valence-corrected chi connectivity index (χ4v) is 4.74. The van der Waals surface area contributed by atoms with E-state index in [4.69, 9.17) is 0 Å². The largest absolute Gasteiger partial charge is 0.368 e. The van der Waals surface area contributed by atoms with Gasteiger partial charge in [0.15, 0.2) is 9.84 Å². The number of nitrogens with zero attached hydrogens (tertiary/aromatic N) is 4. The molecule has 0 amide bonds. The van der Waals surface area contributed by atoms with Gasteiger partial charge in [-0.2, -0.15) is 5.10 Å². The van der Waals surface area contributed by atoms with Gasteiger partial charge in [0.25, 0.3) is 0 Å². The minimum Gasteiger partial charge on any atom is -0.368 e. The first-order valence-electron chi connectivity index (χ1n) is 10.2. The molecule has 8 heteroatoms. The van der Waals surface area contributed by atoms with Crippen molar-refractivity contribution in [2.75, 3.05) is 42.2 Å². The number of hydrogen-bond donors (Lipinski definition) is 1. The summed E-state index contributed by atoms with van der Waals surface area (Å²) in [6, 6.07) is 15.5. The molecule has 2 aromatic carbocycles. The van der Waals surface area contributed by atoms with Gasteiger partial charge in [-0.15, -0.1) is 0 Å². The fourth-order valence-electron chi connectivity index (χ4n) is 4.11. The van der Waals surface area contributed by atoms with Gasteiger partial charge in [0.05, 0.1) is 16.6 Å². The molecule has 0 radical (unpaired) electrons. The van der Waals surface area contributed by atoms with Crippen molar-refractivity contribution in [3.8, 4) is 11.1 Å². The summed E-state index contributed by atoms with van der Waals surface area (Å²) in [6.07, 6.45) is 6.82. The molecule has 0 saturated carbocycles. The number of H-pyrrole nitrogens is 1. The van der Waals surface area contributed by atoms with E-state index in [0.717, 1.165) is 53.9 Å². The summed E-state index contributed by atoms with van der Waals surface area (Å²) in [6.45, 7) is 3.48. The van der Waals surface area contributed by atoms with Crippen LogP contribution < -0.4 is 9.80 Å². The molecule has 1 N–H and O–H groups in total. The first-order chi connectivity index (χ1) is 15.0. The molecule has 1 aliphatic heterocycles. The molecule has 0 bridgehead atoms. The van der Waals surface area contributed by atoms with Gasteiger partial charge in [-0.25, -0.2) is 8.42 Å². The molecule has 1 fully saturated rings. The number of aromatic amines is 1. The topological polar surface area (TPSA) is 82.2 Å². The van der Waals surface area contributed by atoms with E-state index < -0.39 is 9.84 Å². The van der Waals surface area contributed by atoms with Crippen LogP contribution in [0.5, 0.6) is 0 Å². The maximum Gasteiger partial charge on any atom is 0.175 e. The van der Waals surface area contributed by atoms with Gasteiger partial charge in [0, 0.05) is 67.2 Å². The number of pyridine rings is 1. The average molecular weight is 434 g/mol. The molecular formula is C23H23N5O2S. The van der Waals surface area contributed by atoms with Crippen LogP contribution in [0.4, 0.5) is 11.4 Å². The Morgan fingerprint density at radius 3 is 2.32 bits per heavy atom.